The topological polar surface area (TPSA) is 87.1 Å². The number of carbonyl (C=O) groups is 2. The van der Waals surface area contributed by atoms with Gasteiger partial charge in [-0.3, -0.25) is 9.59 Å². The van der Waals surface area contributed by atoms with Crippen LogP contribution in [0, 0.1) is 5.92 Å². The van der Waals surface area contributed by atoms with Crippen LogP contribution in [-0.2, 0) is 4.79 Å². The molecule has 0 spiro atoms. The summed E-state index contributed by atoms with van der Waals surface area (Å²) in [5, 5.41) is 18.8. The molecule has 0 saturated carbocycles. The fourth-order valence-corrected chi connectivity index (χ4v) is 2.84. The summed E-state index contributed by atoms with van der Waals surface area (Å²) in [5.41, 5.74) is 0.221. The van der Waals surface area contributed by atoms with Crippen molar-refractivity contribution in [2.75, 3.05) is 20.2 Å². The van der Waals surface area contributed by atoms with Crippen molar-refractivity contribution >= 4 is 11.9 Å². The molecule has 1 aliphatic heterocycles. The zero-order valence-electron chi connectivity index (χ0n) is 12.6. The Labute approximate surface area is 129 Å². The number of phenolic OH excluding ortho intramolecular Hbond substituents is 1. The molecule has 1 aliphatic rings. The fourth-order valence-electron chi connectivity index (χ4n) is 2.84. The van der Waals surface area contributed by atoms with E-state index >= 15 is 0 Å². The van der Waals surface area contributed by atoms with Crippen LogP contribution in [0.15, 0.2) is 18.2 Å². The maximum atomic E-state index is 12.6. The Morgan fingerprint density at radius 1 is 1.41 bits per heavy atom. The Hall–Kier alpha value is -2.24. The molecule has 1 fully saturated rings. The Balaban J connectivity index is 2.07. The van der Waals surface area contributed by atoms with Gasteiger partial charge in [0.1, 0.15) is 0 Å². The number of aliphatic carboxylic acids is 1. The van der Waals surface area contributed by atoms with Crippen molar-refractivity contribution in [3.8, 4) is 11.5 Å². The van der Waals surface area contributed by atoms with Crippen molar-refractivity contribution in [3.05, 3.63) is 23.8 Å². The summed E-state index contributed by atoms with van der Waals surface area (Å²) in [6.45, 7) is 1.15. The molecule has 1 unspecified atom stereocenters. The number of para-hydroxylation sites is 1. The van der Waals surface area contributed by atoms with Gasteiger partial charge < -0.3 is 19.8 Å². The van der Waals surface area contributed by atoms with Gasteiger partial charge in [-0.2, -0.15) is 0 Å². The van der Waals surface area contributed by atoms with Gasteiger partial charge in [0.25, 0.3) is 5.91 Å². The number of likely N-dealkylation sites (tertiary alicyclic amines) is 1. The molecular weight excluding hydrogens is 286 g/mol. The first-order chi connectivity index (χ1) is 10.5. The number of ether oxygens (including phenoxy) is 1. The van der Waals surface area contributed by atoms with Gasteiger partial charge in [0, 0.05) is 19.5 Å². The smallest absolute Gasteiger partial charge is 0.303 e. The van der Waals surface area contributed by atoms with Gasteiger partial charge in [0.15, 0.2) is 11.5 Å². The summed E-state index contributed by atoms with van der Waals surface area (Å²) in [5.74, 6) is -0.736. The largest absolute Gasteiger partial charge is 0.504 e. The maximum Gasteiger partial charge on any atom is 0.303 e. The highest BCUT2D eigenvalue weighted by atomic mass is 16.5. The van der Waals surface area contributed by atoms with Crippen LogP contribution in [0.25, 0.3) is 0 Å². The number of nitrogens with zero attached hydrogens (tertiary/aromatic N) is 1. The van der Waals surface area contributed by atoms with Gasteiger partial charge in [-0.15, -0.1) is 0 Å². The molecule has 0 radical (unpaired) electrons. The van der Waals surface area contributed by atoms with E-state index in [4.69, 9.17) is 9.84 Å². The van der Waals surface area contributed by atoms with Gasteiger partial charge in [-0.05, 0) is 37.3 Å². The number of carbonyl (C=O) groups excluding carboxylic acids is 1. The number of aromatic hydroxyl groups is 1. The lowest BCUT2D eigenvalue weighted by molar-refractivity contribution is -0.137. The van der Waals surface area contributed by atoms with Gasteiger partial charge in [-0.25, -0.2) is 0 Å². The number of rotatable bonds is 5. The Kier molecular flexibility index (Phi) is 5.25. The summed E-state index contributed by atoms with van der Waals surface area (Å²) in [7, 11) is 1.44. The summed E-state index contributed by atoms with van der Waals surface area (Å²) in [6.07, 6.45) is 2.47. The molecule has 1 aromatic carbocycles. The number of hydrogen-bond donors (Lipinski definition) is 2. The molecule has 2 rings (SSSR count). The minimum atomic E-state index is -0.811. The van der Waals surface area contributed by atoms with E-state index in [-0.39, 0.29) is 35.3 Å². The first kappa shape index (κ1) is 16.1. The standard InChI is InChI=1S/C16H21NO5/c1-22-13-6-2-5-12(15(13)20)16(21)17-9-3-4-11(10-17)7-8-14(18)19/h2,5-6,11,20H,3-4,7-10H2,1H3,(H,18,19). The lowest BCUT2D eigenvalue weighted by atomic mass is 9.93. The third-order valence-electron chi connectivity index (χ3n) is 4.02. The van der Waals surface area contributed by atoms with Gasteiger partial charge >= 0.3 is 5.97 Å². The van der Waals surface area contributed by atoms with Crippen LogP contribution < -0.4 is 4.74 Å². The van der Waals surface area contributed by atoms with Crippen LogP contribution in [0.2, 0.25) is 0 Å². The minimum absolute atomic E-state index is 0.122. The van der Waals surface area contributed by atoms with Crippen molar-refractivity contribution in [2.45, 2.75) is 25.7 Å². The summed E-state index contributed by atoms with van der Waals surface area (Å²) >= 11 is 0. The highest BCUT2D eigenvalue weighted by Gasteiger charge is 2.27. The van der Waals surface area contributed by atoms with Crippen molar-refractivity contribution in [1.82, 2.24) is 4.90 Å². The molecule has 1 atom stereocenters. The molecular formula is C16H21NO5. The molecule has 120 valence electrons. The minimum Gasteiger partial charge on any atom is -0.504 e. The van der Waals surface area contributed by atoms with Crippen LogP contribution in [0.1, 0.15) is 36.0 Å². The van der Waals surface area contributed by atoms with Crippen molar-refractivity contribution in [1.29, 1.82) is 0 Å². The van der Waals surface area contributed by atoms with Gasteiger partial charge in [0.2, 0.25) is 0 Å². The average molecular weight is 307 g/mol. The third kappa shape index (κ3) is 3.69. The SMILES string of the molecule is COc1cccc(C(=O)N2CCCC(CCC(=O)O)C2)c1O. The molecule has 1 heterocycles. The Morgan fingerprint density at radius 2 is 2.18 bits per heavy atom. The molecule has 0 aromatic heterocycles. The van der Waals surface area contributed by atoms with Crippen LogP contribution in [-0.4, -0.2) is 47.2 Å². The van der Waals surface area contributed by atoms with E-state index in [0.29, 0.717) is 19.5 Å². The predicted molar refractivity (Wildman–Crippen MR) is 80.2 cm³/mol. The molecule has 0 aliphatic carbocycles. The zero-order chi connectivity index (χ0) is 16.1. The number of amides is 1. The Morgan fingerprint density at radius 3 is 2.86 bits per heavy atom. The molecule has 1 amide bonds. The number of methoxy groups -OCH3 is 1. The van der Waals surface area contributed by atoms with Crippen LogP contribution in [0.5, 0.6) is 11.5 Å². The first-order valence-electron chi connectivity index (χ1n) is 7.40. The maximum absolute atomic E-state index is 12.6. The number of benzene rings is 1. The molecule has 2 N–H and O–H groups in total. The van der Waals surface area contributed by atoms with Crippen molar-refractivity contribution < 1.29 is 24.5 Å². The lowest BCUT2D eigenvalue weighted by Crippen LogP contribution is -2.40. The lowest BCUT2D eigenvalue weighted by Gasteiger charge is -2.32. The van der Waals surface area contributed by atoms with Crippen molar-refractivity contribution in [3.63, 3.8) is 0 Å². The van der Waals surface area contributed by atoms with E-state index in [1.54, 1.807) is 23.1 Å². The van der Waals surface area contributed by atoms with Crippen molar-refractivity contribution in [2.24, 2.45) is 5.92 Å². The predicted octanol–water partition coefficient (Wildman–Crippen LogP) is 2.12. The normalized spacial score (nSPS) is 18.0. The second-order valence-electron chi connectivity index (χ2n) is 5.55. The molecule has 6 heteroatoms. The number of piperidine rings is 1. The second-order valence-corrected chi connectivity index (χ2v) is 5.55. The number of carboxylic acids is 1. The van der Waals surface area contributed by atoms with E-state index < -0.39 is 5.97 Å². The summed E-state index contributed by atoms with van der Waals surface area (Å²) in [4.78, 5) is 24.9. The monoisotopic (exact) mass is 307 g/mol. The summed E-state index contributed by atoms with van der Waals surface area (Å²) < 4.78 is 5.02. The number of phenols is 1. The van der Waals surface area contributed by atoms with E-state index in [1.165, 1.54) is 7.11 Å². The van der Waals surface area contributed by atoms with Gasteiger partial charge in [-0.1, -0.05) is 6.07 Å². The van der Waals surface area contributed by atoms with Crippen LogP contribution in [0.4, 0.5) is 0 Å². The second kappa shape index (κ2) is 7.15. The molecule has 0 bridgehead atoms. The number of hydrogen-bond acceptors (Lipinski definition) is 4. The third-order valence-corrected chi connectivity index (χ3v) is 4.02. The quantitative estimate of drug-likeness (QED) is 0.870. The molecule has 6 nitrogen and oxygen atoms in total. The van der Waals surface area contributed by atoms with E-state index in [0.717, 1.165) is 12.8 Å². The first-order valence-corrected chi connectivity index (χ1v) is 7.40. The molecule has 1 aromatic rings. The Bertz CT molecular complexity index is 557. The summed E-state index contributed by atoms with van der Waals surface area (Å²) in [6, 6.07) is 4.83. The van der Waals surface area contributed by atoms with E-state index in [9.17, 15) is 14.7 Å². The van der Waals surface area contributed by atoms with E-state index in [2.05, 4.69) is 0 Å². The van der Waals surface area contributed by atoms with E-state index in [1.807, 2.05) is 0 Å². The van der Waals surface area contributed by atoms with Crippen LogP contribution >= 0.6 is 0 Å². The molecule has 22 heavy (non-hydrogen) atoms. The number of carboxylic acid groups (broad SMARTS) is 1. The highest BCUT2D eigenvalue weighted by molar-refractivity contribution is 5.97. The molecule has 1 saturated heterocycles. The average Bonchev–Trinajstić information content (AvgIpc) is 2.53. The van der Waals surface area contributed by atoms with Crippen LogP contribution in [0.3, 0.4) is 0 Å². The zero-order valence-corrected chi connectivity index (χ0v) is 12.6. The highest BCUT2D eigenvalue weighted by Crippen LogP contribution is 2.31. The van der Waals surface area contributed by atoms with Gasteiger partial charge in [0.05, 0.1) is 12.7 Å². The fraction of sp³-hybridized carbons (Fsp3) is 0.500.